The first-order chi connectivity index (χ1) is 6.77. The average molecular weight is 190 g/mol. The Morgan fingerprint density at radius 1 is 1.36 bits per heavy atom. The van der Waals surface area contributed by atoms with Crippen molar-refractivity contribution in [1.29, 1.82) is 0 Å². The lowest BCUT2D eigenvalue weighted by Crippen LogP contribution is -1.95. The number of carboxylic acid groups (broad SMARTS) is 1. The lowest BCUT2D eigenvalue weighted by atomic mass is 10.2. The summed E-state index contributed by atoms with van der Waals surface area (Å²) in [4.78, 5) is 18.1. The minimum atomic E-state index is -1.04. The Kier molecular flexibility index (Phi) is 1.94. The zero-order valence-electron chi connectivity index (χ0n) is 7.01. The molecule has 2 heterocycles. The molecular formula is C8H6N4O2. The van der Waals surface area contributed by atoms with Crippen LogP contribution in [0.4, 0.5) is 0 Å². The first-order valence-electron chi connectivity index (χ1n) is 3.81. The van der Waals surface area contributed by atoms with Crippen LogP contribution in [0.25, 0.3) is 11.3 Å². The van der Waals surface area contributed by atoms with Gasteiger partial charge in [0.15, 0.2) is 0 Å². The SMILES string of the molecule is O=C(O)c1cc(-c2cncnc2)n[nH]1. The molecule has 0 unspecified atom stereocenters. The van der Waals surface area contributed by atoms with Crippen LogP contribution in [-0.4, -0.2) is 31.2 Å². The van der Waals surface area contributed by atoms with Crippen LogP contribution in [0.1, 0.15) is 10.5 Å². The standard InChI is InChI=1S/C8H6N4O2/c13-8(14)7-1-6(11-12-7)5-2-9-4-10-3-5/h1-4H,(H,11,12)(H,13,14). The molecule has 0 amide bonds. The van der Waals surface area contributed by atoms with E-state index in [1.807, 2.05) is 0 Å². The monoisotopic (exact) mass is 190 g/mol. The van der Waals surface area contributed by atoms with Gasteiger partial charge in [0.25, 0.3) is 0 Å². The Hall–Kier alpha value is -2.24. The van der Waals surface area contributed by atoms with E-state index < -0.39 is 5.97 Å². The Balaban J connectivity index is 2.39. The van der Waals surface area contributed by atoms with Crippen LogP contribution in [0.2, 0.25) is 0 Å². The van der Waals surface area contributed by atoms with Crippen molar-refractivity contribution in [3.8, 4) is 11.3 Å². The predicted octanol–water partition coefficient (Wildman–Crippen LogP) is 0.565. The van der Waals surface area contributed by atoms with E-state index in [1.54, 1.807) is 12.4 Å². The maximum atomic E-state index is 10.5. The number of aromatic amines is 1. The van der Waals surface area contributed by atoms with Crippen LogP contribution in [0, 0.1) is 0 Å². The van der Waals surface area contributed by atoms with Gasteiger partial charge in [0.2, 0.25) is 0 Å². The van der Waals surface area contributed by atoms with Crippen molar-refractivity contribution in [2.75, 3.05) is 0 Å². The third kappa shape index (κ3) is 1.45. The second-order valence-corrected chi connectivity index (χ2v) is 2.60. The normalized spacial score (nSPS) is 10.0. The van der Waals surface area contributed by atoms with Gasteiger partial charge in [-0.25, -0.2) is 14.8 Å². The van der Waals surface area contributed by atoms with Crippen molar-refractivity contribution >= 4 is 5.97 Å². The molecule has 0 atom stereocenters. The highest BCUT2D eigenvalue weighted by molar-refractivity contribution is 5.86. The number of carboxylic acids is 1. The molecule has 0 spiro atoms. The minimum absolute atomic E-state index is 0.0452. The molecule has 0 aromatic carbocycles. The maximum absolute atomic E-state index is 10.5. The number of hydrogen-bond donors (Lipinski definition) is 2. The van der Waals surface area contributed by atoms with Crippen LogP contribution in [-0.2, 0) is 0 Å². The third-order valence-electron chi connectivity index (χ3n) is 1.66. The molecule has 0 aliphatic carbocycles. The summed E-state index contributed by atoms with van der Waals surface area (Å²) in [5.41, 5.74) is 1.24. The van der Waals surface area contributed by atoms with Crippen molar-refractivity contribution in [3.05, 3.63) is 30.5 Å². The molecule has 2 aromatic heterocycles. The molecule has 0 bridgehead atoms. The summed E-state index contributed by atoms with van der Waals surface area (Å²) in [6, 6.07) is 1.43. The summed E-state index contributed by atoms with van der Waals surface area (Å²) in [6.45, 7) is 0. The Morgan fingerprint density at radius 3 is 2.64 bits per heavy atom. The van der Waals surface area contributed by atoms with Crippen molar-refractivity contribution in [2.45, 2.75) is 0 Å². The van der Waals surface area contributed by atoms with E-state index in [4.69, 9.17) is 5.11 Å². The van der Waals surface area contributed by atoms with Gasteiger partial charge in [-0.3, -0.25) is 5.10 Å². The van der Waals surface area contributed by atoms with Gasteiger partial charge in [-0.2, -0.15) is 5.10 Å². The van der Waals surface area contributed by atoms with Gasteiger partial charge in [0.1, 0.15) is 12.0 Å². The molecule has 0 saturated heterocycles. The van der Waals surface area contributed by atoms with Crippen LogP contribution in [0.15, 0.2) is 24.8 Å². The van der Waals surface area contributed by atoms with Gasteiger partial charge >= 0.3 is 5.97 Å². The minimum Gasteiger partial charge on any atom is -0.477 e. The topological polar surface area (TPSA) is 91.8 Å². The Bertz CT molecular complexity index is 451. The number of nitrogens with zero attached hydrogens (tertiary/aromatic N) is 3. The molecule has 0 fully saturated rings. The predicted molar refractivity (Wildman–Crippen MR) is 46.6 cm³/mol. The zero-order chi connectivity index (χ0) is 9.97. The van der Waals surface area contributed by atoms with Crippen molar-refractivity contribution < 1.29 is 9.90 Å². The molecule has 0 aliphatic rings. The van der Waals surface area contributed by atoms with Gasteiger partial charge in [0.05, 0.1) is 5.69 Å². The molecule has 0 aliphatic heterocycles. The molecule has 0 saturated carbocycles. The first-order valence-corrected chi connectivity index (χ1v) is 3.81. The quantitative estimate of drug-likeness (QED) is 0.722. The number of rotatable bonds is 2. The van der Waals surface area contributed by atoms with E-state index in [-0.39, 0.29) is 5.69 Å². The number of hydrogen-bond acceptors (Lipinski definition) is 4. The number of aromatic carboxylic acids is 1. The lowest BCUT2D eigenvalue weighted by Gasteiger charge is -1.90. The van der Waals surface area contributed by atoms with Crippen molar-refractivity contribution in [1.82, 2.24) is 20.2 Å². The second kappa shape index (κ2) is 3.25. The molecule has 6 heteroatoms. The molecule has 2 rings (SSSR count). The maximum Gasteiger partial charge on any atom is 0.353 e. The fraction of sp³-hybridized carbons (Fsp3) is 0. The van der Waals surface area contributed by atoms with Gasteiger partial charge in [-0.15, -0.1) is 0 Å². The smallest absolute Gasteiger partial charge is 0.353 e. The number of H-pyrrole nitrogens is 1. The second-order valence-electron chi connectivity index (χ2n) is 2.60. The van der Waals surface area contributed by atoms with Crippen LogP contribution in [0.3, 0.4) is 0 Å². The molecular weight excluding hydrogens is 184 g/mol. The number of aromatic nitrogens is 4. The molecule has 70 valence electrons. The molecule has 14 heavy (non-hydrogen) atoms. The van der Waals surface area contributed by atoms with Gasteiger partial charge in [-0.1, -0.05) is 0 Å². The first kappa shape index (κ1) is 8.36. The summed E-state index contributed by atoms with van der Waals surface area (Å²) in [6.07, 6.45) is 4.53. The average Bonchev–Trinajstić information content (AvgIpc) is 2.68. The fourth-order valence-electron chi connectivity index (χ4n) is 1.01. The third-order valence-corrected chi connectivity index (χ3v) is 1.66. The zero-order valence-corrected chi connectivity index (χ0v) is 7.01. The summed E-state index contributed by atoms with van der Waals surface area (Å²) in [5, 5.41) is 14.9. The summed E-state index contributed by atoms with van der Waals surface area (Å²) in [7, 11) is 0. The van der Waals surface area contributed by atoms with Crippen molar-refractivity contribution in [3.63, 3.8) is 0 Å². The van der Waals surface area contributed by atoms with E-state index in [9.17, 15) is 4.79 Å². The van der Waals surface area contributed by atoms with E-state index >= 15 is 0 Å². The largest absolute Gasteiger partial charge is 0.477 e. The van der Waals surface area contributed by atoms with Crippen LogP contribution < -0.4 is 0 Å². The van der Waals surface area contributed by atoms with Gasteiger partial charge in [0, 0.05) is 18.0 Å². The molecule has 2 N–H and O–H groups in total. The van der Waals surface area contributed by atoms with Crippen LogP contribution in [0.5, 0.6) is 0 Å². The van der Waals surface area contributed by atoms with E-state index in [0.29, 0.717) is 11.3 Å². The highest BCUT2D eigenvalue weighted by atomic mass is 16.4. The summed E-state index contributed by atoms with van der Waals surface area (Å²) < 4.78 is 0. The Labute approximate surface area is 78.6 Å². The molecule has 6 nitrogen and oxygen atoms in total. The summed E-state index contributed by atoms with van der Waals surface area (Å²) >= 11 is 0. The van der Waals surface area contributed by atoms with Gasteiger partial charge < -0.3 is 5.11 Å². The van der Waals surface area contributed by atoms with E-state index in [2.05, 4.69) is 20.2 Å². The molecule has 2 aromatic rings. The highest BCUT2D eigenvalue weighted by Crippen LogP contribution is 2.14. The van der Waals surface area contributed by atoms with E-state index in [0.717, 1.165) is 0 Å². The fourth-order valence-corrected chi connectivity index (χ4v) is 1.01. The molecule has 0 radical (unpaired) electrons. The number of carbonyl (C=O) groups is 1. The van der Waals surface area contributed by atoms with E-state index in [1.165, 1.54) is 12.4 Å². The van der Waals surface area contributed by atoms with Crippen LogP contribution >= 0.6 is 0 Å². The Morgan fingerprint density at radius 2 is 2.07 bits per heavy atom. The number of nitrogens with one attached hydrogen (secondary N) is 1. The lowest BCUT2D eigenvalue weighted by molar-refractivity contribution is 0.0690. The summed E-state index contributed by atoms with van der Waals surface area (Å²) in [5.74, 6) is -1.04. The highest BCUT2D eigenvalue weighted by Gasteiger charge is 2.08. The van der Waals surface area contributed by atoms with Gasteiger partial charge in [-0.05, 0) is 6.07 Å². The van der Waals surface area contributed by atoms with Crippen molar-refractivity contribution in [2.24, 2.45) is 0 Å².